The van der Waals surface area contributed by atoms with Crippen LogP contribution in [0.25, 0.3) is 11.3 Å². The summed E-state index contributed by atoms with van der Waals surface area (Å²) in [5.41, 5.74) is 1.24. The fourth-order valence-electron chi connectivity index (χ4n) is 2.30. The van der Waals surface area contributed by atoms with Crippen molar-refractivity contribution >= 4 is 41.2 Å². The summed E-state index contributed by atoms with van der Waals surface area (Å²) < 4.78 is 14.2. The van der Waals surface area contributed by atoms with Crippen LogP contribution >= 0.6 is 23.4 Å². The van der Waals surface area contributed by atoms with E-state index in [-0.39, 0.29) is 22.6 Å². The maximum atomic E-state index is 14.2. The van der Waals surface area contributed by atoms with Crippen molar-refractivity contribution in [2.45, 2.75) is 5.16 Å². The first-order chi connectivity index (χ1) is 12.1. The summed E-state index contributed by atoms with van der Waals surface area (Å²) in [5.74, 6) is -0.180. The Morgan fingerprint density at radius 1 is 1.12 bits per heavy atom. The second-order valence-corrected chi connectivity index (χ2v) is 6.20. The summed E-state index contributed by atoms with van der Waals surface area (Å²) in [6.07, 6.45) is 2.42. The third kappa shape index (κ3) is 3.65. The van der Waals surface area contributed by atoms with Gasteiger partial charge in [-0.3, -0.25) is 4.79 Å². The highest BCUT2D eigenvalue weighted by molar-refractivity contribution is 7.98. The molecule has 1 aromatic heterocycles. The first-order valence-electron chi connectivity index (χ1n) is 7.31. The minimum Gasteiger partial charge on any atom is -0.338 e. The lowest BCUT2D eigenvalue weighted by Gasteiger charge is -2.14. The largest absolute Gasteiger partial charge is 0.338 e. The topological polar surface area (TPSA) is 54.9 Å². The summed E-state index contributed by atoms with van der Waals surface area (Å²) in [7, 11) is 0. The van der Waals surface area contributed by atoms with Gasteiger partial charge in [0.25, 0.3) is 0 Å². The highest BCUT2D eigenvalue weighted by Crippen LogP contribution is 2.32. The van der Waals surface area contributed by atoms with E-state index in [0.717, 1.165) is 0 Å². The molecule has 2 aromatic carbocycles. The normalized spacial score (nSPS) is 10.5. The minimum absolute atomic E-state index is 0.169. The Kier molecular flexibility index (Phi) is 5.31. The highest BCUT2D eigenvalue weighted by Gasteiger charge is 2.18. The summed E-state index contributed by atoms with van der Waals surface area (Å²) in [6, 6.07) is 13.3. The van der Waals surface area contributed by atoms with Crippen LogP contribution in [0.1, 0.15) is 10.4 Å². The quantitative estimate of drug-likeness (QED) is 0.378. The Labute approximate surface area is 153 Å². The zero-order chi connectivity index (χ0) is 17.8. The van der Waals surface area contributed by atoms with Crippen molar-refractivity contribution in [1.29, 1.82) is 0 Å². The van der Waals surface area contributed by atoms with Gasteiger partial charge in [-0.15, -0.1) is 0 Å². The lowest BCUT2D eigenvalue weighted by atomic mass is 10.1. The molecule has 0 atom stereocenters. The van der Waals surface area contributed by atoms with Crippen LogP contribution in [0.2, 0.25) is 5.02 Å². The number of hydrogen-bond donors (Lipinski definition) is 1. The number of halogens is 2. The summed E-state index contributed by atoms with van der Waals surface area (Å²) in [4.78, 5) is 20.4. The van der Waals surface area contributed by atoms with Crippen molar-refractivity contribution in [1.82, 2.24) is 9.97 Å². The molecule has 3 aromatic rings. The minimum atomic E-state index is -0.458. The number of anilines is 2. The number of rotatable bonds is 5. The third-order valence-corrected chi connectivity index (χ3v) is 4.36. The molecule has 0 aliphatic rings. The van der Waals surface area contributed by atoms with E-state index < -0.39 is 5.82 Å². The van der Waals surface area contributed by atoms with Crippen LogP contribution in [0.15, 0.2) is 53.7 Å². The third-order valence-electron chi connectivity index (χ3n) is 3.48. The lowest BCUT2D eigenvalue weighted by molar-refractivity contribution is 0.112. The molecule has 0 radical (unpaired) electrons. The van der Waals surface area contributed by atoms with Crippen LogP contribution in [0.4, 0.5) is 15.9 Å². The predicted octanol–water partition coefficient (Wildman–Crippen LogP) is 5.21. The number of aldehydes is 1. The molecule has 0 bridgehead atoms. The summed E-state index contributed by atoms with van der Waals surface area (Å²) in [5, 5.41) is 3.94. The predicted molar refractivity (Wildman–Crippen MR) is 99.3 cm³/mol. The van der Waals surface area contributed by atoms with Gasteiger partial charge >= 0.3 is 0 Å². The molecule has 0 fully saturated rings. The zero-order valence-electron chi connectivity index (χ0n) is 13.2. The van der Waals surface area contributed by atoms with E-state index in [2.05, 4.69) is 15.3 Å². The van der Waals surface area contributed by atoms with Gasteiger partial charge in [0.05, 0.1) is 22.0 Å². The maximum absolute atomic E-state index is 14.2. The van der Waals surface area contributed by atoms with E-state index in [1.807, 2.05) is 6.07 Å². The van der Waals surface area contributed by atoms with Gasteiger partial charge in [-0.1, -0.05) is 47.6 Å². The first kappa shape index (κ1) is 17.4. The standard InChI is InChI=1S/C18H13ClFN3OS/c1-25-18-22-16(11-6-2-4-8-14(11)20)12(10-24)17(23-18)21-15-9-5-3-7-13(15)19/h2-10H,1H3,(H,21,22,23). The van der Waals surface area contributed by atoms with E-state index in [0.29, 0.717) is 22.2 Å². The Morgan fingerprint density at radius 3 is 2.52 bits per heavy atom. The van der Waals surface area contributed by atoms with Gasteiger partial charge in [-0.05, 0) is 30.5 Å². The van der Waals surface area contributed by atoms with Crippen LogP contribution in [-0.2, 0) is 0 Å². The number of aromatic nitrogens is 2. The average Bonchev–Trinajstić information content (AvgIpc) is 2.63. The number of hydrogen-bond acceptors (Lipinski definition) is 5. The molecule has 0 spiro atoms. The fourth-order valence-corrected chi connectivity index (χ4v) is 2.84. The van der Waals surface area contributed by atoms with Crippen LogP contribution in [-0.4, -0.2) is 22.5 Å². The molecule has 0 unspecified atom stereocenters. The van der Waals surface area contributed by atoms with Gasteiger partial charge in [-0.25, -0.2) is 14.4 Å². The molecule has 4 nitrogen and oxygen atoms in total. The molecule has 0 saturated heterocycles. The van der Waals surface area contributed by atoms with E-state index in [1.54, 1.807) is 42.7 Å². The monoisotopic (exact) mass is 373 g/mol. The molecule has 1 N–H and O–H groups in total. The SMILES string of the molecule is CSc1nc(Nc2ccccc2Cl)c(C=O)c(-c2ccccc2F)n1. The van der Waals surface area contributed by atoms with Gasteiger partial charge in [0, 0.05) is 5.56 Å². The van der Waals surface area contributed by atoms with Crippen molar-refractivity contribution in [3.8, 4) is 11.3 Å². The fraction of sp³-hybridized carbons (Fsp3) is 0.0556. The molecular formula is C18H13ClFN3OS. The summed E-state index contributed by atoms with van der Waals surface area (Å²) >= 11 is 7.46. The number of nitrogens with one attached hydrogen (secondary N) is 1. The van der Waals surface area contributed by atoms with Gasteiger partial charge in [0.1, 0.15) is 11.6 Å². The number of carbonyl (C=O) groups is 1. The van der Waals surface area contributed by atoms with Crippen molar-refractivity contribution in [2.75, 3.05) is 11.6 Å². The Morgan fingerprint density at radius 2 is 1.84 bits per heavy atom. The number of thioether (sulfide) groups is 1. The first-order valence-corrected chi connectivity index (χ1v) is 8.92. The molecular weight excluding hydrogens is 361 g/mol. The average molecular weight is 374 g/mol. The molecule has 126 valence electrons. The van der Waals surface area contributed by atoms with Crippen molar-refractivity contribution < 1.29 is 9.18 Å². The molecule has 3 rings (SSSR count). The van der Waals surface area contributed by atoms with Crippen molar-refractivity contribution in [2.24, 2.45) is 0 Å². The molecule has 25 heavy (non-hydrogen) atoms. The zero-order valence-corrected chi connectivity index (χ0v) is 14.7. The van der Waals surface area contributed by atoms with Crippen LogP contribution < -0.4 is 5.32 Å². The van der Waals surface area contributed by atoms with Gasteiger partial charge in [0.2, 0.25) is 0 Å². The van der Waals surface area contributed by atoms with Crippen LogP contribution in [0.5, 0.6) is 0 Å². The molecule has 0 aliphatic heterocycles. The molecule has 7 heteroatoms. The number of benzene rings is 2. The van der Waals surface area contributed by atoms with Crippen LogP contribution in [0.3, 0.4) is 0 Å². The van der Waals surface area contributed by atoms with E-state index in [4.69, 9.17) is 11.6 Å². The molecule has 1 heterocycles. The molecule has 0 aliphatic carbocycles. The van der Waals surface area contributed by atoms with Gasteiger partial charge < -0.3 is 5.32 Å². The number of carbonyl (C=O) groups excluding carboxylic acids is 1. The van der Waals surface area contributed by atoms with Crippen molar-refractivity contribution in [3.05, 3.63) is 64.9 Å². The van der Waals surface area contributed by atoms with Crippen LogP contribution in [0, 0.1) is 5.82 Å². The maximum Gasteiger partial charge on any atom is 0.189 e. The number of nitrogens with zero attached hydrogens (tertiary/aromatic N) is 2. The van der Waals surface area contributed by atoms with E-state index in [1.165, 1.54) is 17.8 Å². The smallest absolute Gasteiger partial charge is 0.189 e. The highest BCUT2D eigenvalue weighted by atomic mass is 35.5. The number of para-hydroxylation sites is 1. The second kappa shape index (κ2) is 7.63. The Hall–Kier alpha value is -2.44. The summed E-state index contributed by atoms with van der Waals surface area (Å²) in [6.45, 7) is 0. The second-order valence-electron chi connectivity index (χ2n) is 5.02. The Bertz CT molecular complexity index is 936. The van der Waals surface area contributed by atoms with E-state index >= 15 is 0 Å². The van der Waals surface area contributed by atoms with E-state index in [9.17, 15) is 9.18 Å². The Balaban J connectivity index is 2.19. The molecule has 0 amide bonds. The molecule has 0 saturated carbocycles. The van der Waals surface area contributed by atoms with Gasteiger partial charge in [-0.2, -0.15) is 0 Å². The van der Waals surface area contributed by atoms with Crippen molar-refractivity contribution in [3.63, 3.8) is 0 Å². The lowest BCUT2D eigenvalue weighted by Crippen LogP contribution is -2.05. The van der Waals surface area contributed by atoms with Gasteiger partial charge in [0.15, 0.2) is 11.4 Å².